The first-order valence-electron chi connectivity index (χ1n) is 6.15. The molecule has 0 saturated carbocycles. The van der Waals surface area contributed by atoms with Crippen molar-refractivity contribution >= 4 is 5.97 Å². The Balaban J connectivity index is 1.99. The zero-order valence-corrected chi connectivity index (χ0v) is 10.2. The number of hydrogen-bond donors (Lipinski definition) is 1. The maximum absolute atomic E-state index is 11.1. The SMILES string of the molecule is COC(=O)CCC(N)c1ccc2c(c1)CCC2. The van der Waals surface area contributed by atoms with Crippen LogP contribution >= 0.6 is 0 Å². The van der Waals surface area contributed by atoms with E-state index in [1.165, 1.54) is 31.1 Å². The minimum absolute atomic E-state index is 0.0694. The van der Waals surface area contributed by atoms with Gasteiger partial charge in [0.05, 0.1) is 7.11 Å². The molecule has 1 atom stereocenters. The topological polar surface area (TPSA) is 52.3 Å². The van der Waals surface area contributed by atoms with E-state index < -0.39 is 0 Å². The Morgan fingerprint density at radius 1 is 1.41 bits per heavy atom. The molecule has 1 aliphatic carbocycles. The van der Waals surface area contributed by atoms with Gasteiger partial charge >= 0.3 is 5.97 Å². The lowest BCUT2D eigenvalue weighted by Crippen LogP contribution is -2.13. The number of ether oxygens (including phenoxy) is 1. The lowest BCUT2D eigenvalue weighted by atomic mass is 9.99. The number of nitrogens with two attached hydrogens (primary N) is 1. The summed E-state index contributed by atoms with van der Waals surface area (Å²) in [6.07, 6.45) is 4.62. The molecule has 0 saturated heterocycles. The summed E-state index contributed by atoms with van der Waals surface area (Å²) in [5.74, 6) is -0.193. The molecule has 1 aromatic rings. The van der Waals surface area contributed by atoms with Crippen molar-refractivity contribution in [2.24, 2.45) is 5.73 Å². The third-order valence-electron chi connectivity index (χ3n) is 3.44. The van der Waals surface area contributed by atoms with Gasteiger partial charge in [-0.15, -0.1) is 0 Å². The molecule has 2 N–H and O–H groups in total. The Bertz CT molecular complexity index is 415. The van der Waals surface area contributed by atoms with Gasteiger partial charge in [-0.05, 0) is 42.4 Å². The summed E-state index contributed by atoms with van der Waals surface area (Å²) < 4.78 is 4.62. The Morgan fingerprint density at radius 3 is 2.94 bits per heavy atom. The average molecular weight is 233 g/mol. The molecule has 3 nitrogen and oxygen atoms in total. The minimum Gasteiger partial charge on any atom is -0.469 e. The maximum atomic E-state index is 11.1. The van der Waals surface area contributed by atoms with Crippen molar-refractivity contribution in [3.63, 3.8) is 0 Å². The number of esters is 1. The van der Waals surface area contributed by atoms with Gasteiger partial charge in [0.1, 0.15) is 0 Å². The molecule has 0 aliphatic heterocycles. The molecule has 1 aliphatic rings. The van der Waals surface area contributed by atoms with Gasteiger partial charge in [-0.1, -0.05) is 18.2 Å². The third kappa shape index (κ3) is 2.86. The molecular weight excluding hydrogens is 214 g/mol. The highest BCUT2D eigenvalue weighted by Gasteiger charge is 2.14. The highest BCUT2D eigenvalue weighted by atomic mass is 16.5. The van der Waals surface area contributed by atoms with E-state index >= 15 is 0 Å². The van der Waals surface area contributed by atoms with Crippen molar-refractivity contribution in [1.29, 1.82) is 0 Å². The molecule has 0 amide bonds. The van der Waals surface area contributed by atoms with Gasteiger partial charge in [-0.25, -0.2) is 0 Å². The lowest BCUT2D eigenvalue weighted by Gasteiger charge is -2.12. The van der Waals surface area contributed by atoms with Gasteiger partial charge in [-0.3, -0.25) is 4.79 Å². The highest BCUT2D eigenvalue weighted by molar-refractivity contribution is 5.69. The monoisotopic (exact) mass is 233 g/mol. The fourth-order valence-corrected chi connectivity index (χ4v) is 2.36. The number of aryl methyl sites for hydroxylation is 2. The first-order chi connectivity index (χ1) is 8.20. The van der Waals surface area contributed by atoms with Crippen LogP contribution in [0, 0.1) is 0 Å². The van der Waals surface area contributed by atoms with Crippen LogP contribution in [-0.2, 0) is 22.4 Å². The Kier molecular flexibility index (Phi) is 3.79. The number of carbonyl (C=O) groups excluding carboxylic acids is 1. The number of hydrogen-bond acceptors (Lipinski definition) is 3. The third-order valence-corrected chi connectivity index (χ3v) is 3.44. The molecule has 17 heavy (non-hydrogen) atoms. The Morgan fingerprint density at radius 2 is 2.18 bits per heavy atom. The predicted molar refractivity (Wildman–Crippen MR) is 66.6 cm³/mol. The zero-order chi connectivity index (χ0) is 12.3. The highest BCUT2D eigenvalue weighted by Crippen LogP contribution is 2.26. The van der Waals surface area contributed by atoms with Crippen molar-refractivity contribution in [3.8, 4) is 0 Å². The van der Waals surface area contributed by atoms with Gasteiger partial charge in [-0.2, -0.15) is 0 Å². The van der Waals surface area contributed by atoms with E-state index in [1.807, 2.05) is 0 Å². The quantitative estimate of drug-likeness (QED) is 0.810. The number of fused-ring (bicyclic) bond motifs is 1. The molecule has 3 heteroatoms. The van der Waals surface area contributed by atoms with Crippen molar-refractivity contribution in [2.45, 2.75) is 38.1 Å². The maximum Gasteiger partial charge on any atom is 0.305 e. The van der Waals surface area contributed by atoms with Gasteiger partial charge < -0.3 is 10.5 Å². The van der Waals surface area contributed by atoms with Crippen molar-refractivity contribution in [3.05, 3.63) is 34.9 Å². The van der Waals surface area contributed by atoms with Gasteiger partial charge in [0.2, 0.25) is 0 Å². The minimum atomic E-state index is -0.193. The smallest absolute Gasteiger partial charge is 0.305 e. The van der Waals surface area contributed by atoms with Crippen LogP contribution in [0.1, 0.15) is 42.0 Å². The van der Waals surface area contributed by atoms with Crippen LogP contribution in [0.2, 0.25) is 0 Å². The molecule has 0 heterocycles. The second-order valence-corrected chi connectivity index (χ2v) is 4.60. The van der Waals surface area contributed by atoms with E-state index in [2.05, 4.69) is 22.9 Å². The molecular formula is C14H19NO2. The normalized spacial score (nSPS) is 15.4. The lowest BCUT2D eigenvalue weighted by molar-refractivity contribution is -0.140. The number of rotatable bonds is 4. The fraction of sp³-hybridized carbons (Fsp3) is 0.500. The van der Waals surface area contributed by atoms with Crippen LogP contribution < -0.4 is 5.73 Å². The number of benzene rings is 1. The first kappa shape index (κ1) is 12.1. The zero-order valence-electron chi connectivity index (χ0n) is 10.2. The predicted octanol–water partition coefficient (Wildman–Crippen LogP) is 2.13. The Labute approximate surface area is 102 Å². The molecule has 0 bridgehead atoms. The van der Waals surface area contributed by atoms with Crippen molar-refractivity contribution < 1.29 is 9.53 Å². The van der Waals surface area contributed by atoms with Crippen molar-refractivity contribution in [2.75, 3.05) is 7.11 Å². The van der Waals surface area contributed by atoms with Crippen LogP contribution in [0.4, 0.5) is 0 Å². The summed E-state index contributed by atoms with van der Waals surface area (Å²) in [7, 11) is 1.41. The molecule has 2 rings (SSSR count). The van der Waals surface area contributed by atoms with E-state index in [0.717, 1.165) is 12.0 Å². The van der Waals surface area contributed by atoms with E-state index in [4.69, 9.17) is 5.73 Å². The van der Waals surface area contributed by atoms with E-state index in [-0.39, 0.29) is 12.0 Å². The second-order valence-electron chi connectivity index (χ2n) is 4.60. The van der Waals surface area contributed by atoms with Crippen LogP contribution in [0.3, 0.4) is 0 Å². The standard InChI is InChI=1S/C14H19NO2/c1-17-14(16)8-7-13(15)12-6-5-10-3-2-4-11(10)9-12/h5-6,9,13H,2-4,7-8,15H2,1H3. The summed E-state index contributed by atoms with van der Waals surface area (Å²) >= 11 is 0. The number of methoxy groups -OCH3 is 1. The summed E-state index contributed by atoms with van der Waals surface area (Å²) in [4.78, 5) is 11.1. The fourth-order valence-electron chi connectivity index (χ4n) is 2.36. The van der Waals surface area contributed by atoms with Crippen molar-refractivity contribution in [1.82, 2.24) is 0 Å². The molecule has 0 fully saturated rings. The van der Waals surface area contributed by atoms with E-state index in [9.17, 15) is 4.79 Å². The summed E-state index contributed by atoms with van der Waals surface area (Å²) in [6, 6.07) is 6.39. The average Bonchev–Trinajstić information content (AvgIpc) is 2.82. The van der Waals surface area contributed by atoms with Gasteiger partial charge in [0, 0.05) is 12.5 Å². The van der Waals surface area contributed by atoms with Crippen LogP contribution in [-0.4, -0.2) is 13.1 Å². The van der Waals surface area contributed by atoms with E-state index in [1.54, 1.807) is 0 Å². The number of carbonyl (C=O) groups is 1. The molecule has 1 unspecified atom stereocenters. The molecule has 0 spiro atoms. The summed E-state index contributed by atoms with van der Waals surface area (Å²) in [6.45, 7) is 0. The molecule has 92 valence electrons. The van der Waals surface area contributed by atoms with Gasteiger partial charge in [0.15, 0.2) is 0 Å². The van der Waals surface area contributed by atoms with Crippen LogP contribution in [0.5, 0.6) is 0 Å². The molecule has 0 aromatic heterocycles. The second kappa shape index (κ2) is 5.32. The first-order valence-corrected chi connectivity index (χ1v) is 6.15. The molecule has 0 radical (unpaired) electrons. The van der Waals surface area contributed by atoms with Gasteiger partial charge in [0.25, 0.3) is 0 Å². The van der Waals surface area contributed by atoms with E-state index in [0.29, 0.717) is 12.8 Å². The Hall–Kier alpha value is -1.35. The summed E-state index contributed by atoms with van der Waals surface area (Å²) in [5.41, 5.74) is 10.1. The largest absolute Gasteiger partial charge is 0.469 e. The van der Waals surface area contributed by atoms with Crippen LogP contribution in [0.25, 0.3) is 0 Å². The van der Waals surface area contributed by atoms with Crippen LogP contribution in [0.15, 0.2) is 18.2 Å². The molecule has 1 aromatic carbocycles. The summed E-state index contributed by atoms with van der Waals surface area (Å²) in [5, 5.41) is 0.